The Morgan fingerprint density at radius 1 is 1.09 bits per heavy atom. The Balaban J connectivity index is 1.71. The van der Waals surface area contributed by atoms with Crippen LogP contribution in [0.25, 0.3) is 0 Å². The van der Waals surface area contributed by atoms with Gasteiger partial charge < -0.3 is 14.6 Å². The number of allylic oxidation sites excluding steroid dienone is 2. The summed E-state index contributed by atoms with van der Waals surface area (Å²) in [5.41, 5.74) is 3.72. The number of methoxy groups -OCH3 is 1. The summed E-state index contributed by atoms with van der Waals surface area (Å²) in [4.78, 5) is 11.7. The fourth-order valence-electron chi connectivity index (χ4n) is 8.36. The third kappa shape index (κ3) is 4.13. The van der Waals surface area contributed by atoms with Crippen LogP contribution in [0.1, 0.15) is 89.1 Å². The first-order chi connectivity index (χ1) is 15.5. The first-order valence-electron chi connectivity index (χ1n) is 12.7. The van der Waals surface area contributed by atoms with E-state index < -0.39 is 5.97 Å². The molecule has 5 atom stereocenters. The number of hydrogen-bond donors (Lipinski definition) is 1. The molecule has 3 aliphatic rings. The summed E-state index contributed by atoms with van der Waals surface area (Å²) < 4.78 is 11.0. The highest BCUT2D eigenvalue weighted by molar-refractivity contribution is 5.88. The lowest BCUT2D eigenvalue weighted by Crippen LogP contribution is -2.57. The number of rotatable bonds is 6. The zero-order chi connectivity index (χ0) is 24.0. The second-order valence-corrected chi connectivity index (χ2v) is 12.1. The van der Waals surface area contributed by atoms with Crippen molar-refractivity contribution in [1.82, 2.24) is 0 Å². The van der Waals surface area contributed by atoms with Crippen molar-refractivity contribution in [3.63, 3.8) is 0 Å². The Morgan fingerprint density at radius 3 is 2.55 bits per heavy atom. The molecule has 0 spiro atoms. The van der Waals surface area contributed by atoms with E-state index in [-0.39, 0.29) is 12.2 Å². The van der Waals surface area contributed by atoms with Crippen molar-refractivity contribution < 1.29 is 19.4 Å². The molecule has 0 unspecified atom stereocenters. The second kappa shape index (κ2) is 8.76. The molecule has 2 fully saturated rings. The Bertz CT molecular complexity index is 932. The summed E-state index contributed by atoms with van der Waals surface area (Å²) in [6.45, 7) is 12.5. The van der Waals surface area contributed by atoms with Gasteiger partial charge in [0, 0.05) is 7.11 Å². The number of aromatic carboxylic acids is 1. The van der Waals surface area contributed by atoms with Crippen LogP contribution in [0, 0.1) is 34.0 Å². The SMILES string of the molecule is COCOc1ccc(C(=O)O)cc1C[C@@H]1C(C)=CC[C@H]2[C@@]1(C)CC[C@H]1C(C)(C)CCC[C@]21C. The number of carboxylic acids is 1. The zero-order valence-electron chi connectivity index (χ0n) is 21.4. The molecule has 0 amide bonds. The minimum absolute atomic E-state index is 0.160. The van der Waals surface area contributed by atoms with Crippen LogP contribution in [0.2, 0.25) is 0 Å². The Kier molecular flexibility index (Phi) is 6.46. The van der Waals surface area contributed by atoms with Gasteiger partial charge in [-0.3, -0.25) is 0 Å². The summed E-state index contributed by atoms with van der Waals surface area (Å²) in [6, 6.07) is 5.23. The number of ether oxygens (including phenoxy) is 2. The van der Waals surface area contributed by atoms with Crippen molar-refractivity contribution in [3.8, 4) is 5.75 Å². The minimum Gasteiger partial charge on any atom is -0.478 e. The summed E-state index contributed by atoms with van der Waals surface area (Å²) in [7, 11) is 1.61. The van der Waals surface area contributed by atoms with Crippen LogP contribution in [0.4, 0.5) is 0 Å². The molecule has 0 heterocycles. The van der Waals surface area contributed by atoms with Crippen molar-refractivity contribution in [1.29, 1.82) is 0 Å². The van der Waals surface area contributed by atoms with Gasteiger partial charge in [-0.05, 0) is 103 Å². The number of benzene rings is 1. The van der Waals surface area contributed by atoms with Gasteiger partial charge in [0.15, 0.2) is 6.79 Å². The van der Waals surface area contributed by atoms with Crippen LogP contribution in [0.15, 0.2) is 29.8 Å². The predicted octanol–water partition coefficient (Wildman–Crippen LogP) is 7.13. The van der Waals surface area contributed by atoms with Gasteiger partial charge in [-0.15, -0.1) is 0 Å². The molecule has 0 aliphatic heterocycles. The highest BCUT2D eigenvalue weighted by Crippen LogP contribution is 2.68. The molecule has 4 heteroatoms. The molecular weight excluding hydrogens is 412 g/mol. The third-order valence-electron chi connectivity index (χ3n) is 9.92. The van der Waals surface area contributed by atoms with Crippen LogP contribution in [0.3, 0.4) is 0 Å². The molecule has 3 aliphatic carbocycles. The summed E-state index contributed by atoms with van der Waals surface area (Å²) in [5, 5.41) is 9.61. The van der Waals surface area contributed by atoms with Gasteiger partial charge in [0.25, 0.3) is 0 Å². The highest BCUT2D eigenvalue weighted by Gasteiger charge is 2.60. The molecular formula is C29H42O4. The van der Waals surface area contributed by atoms with E-state index in [2.05, 4.69) is 40.7 Å². The summed E-state index contributed by atoms with van der Waals surface area (Å²) >= 11 is 0. The van der Waals surface area contributed by atoms with Crippen molar-refractivity contribution >= 4 is 5.97 Å². The molecule has 33 heavy (non-hydrogen) atoms. The van der Waals surface area contributed by atoms with Gasteiger partial charge in [-0.1, -0.05) is 45.8 Å². The first kappa shape index (κ1) is 24.3. The fraction of sp³-hybridized carbons (Fsp3) is 0.690. The fourth-order valence-corrected chi connectivity index (χ4v) is 8.36. The van der Waals surface area contributed by atoms with Gasteiger partial charge >= 0.3 is 5.97 Å². The van der Waals surface area contributed by atoms with Crippen LogP contribution in [-0.2, 0) is 11.2 Å². The lowest BCUT2D eigenvalue weighted by atomic mass is 9.39. The van der Waals surface area contributed by atoms with Crippen molar-refractivity contribution in [2.45, 2.75) is 79.6 Å². The van der Waals surface area contributed by atoms with Crippen LogP contribution >= 0.6 is 0 Å². The van der Waals surface area contributed by atoms with Crippen molar-refractivity contribution in [2.24, 2.45) is 34.0 Å². The molecule has 0 aromatic heterocycles. The Morgan fingerprint density at radius 2 is 1.85 bits per heavy atom. The molecule has 4 rings (SSSR count). The van der Waals surface area contributed by atoms with Crippen LogP contribution in [0.5, 0.6) is 5.75 Å². The Hall–Kier alpha value is -1.81. The van der Waals surface area contributed by atoms with Crippen LogP contribution in [-0.4, -0.2) is 25.0 Å². The highest BCUT2D eigenvalue weighted by atomic mass is 16.7. The van der Waals surface area contributed by atoms with Crippen molar-refractivity contribution in [3.05, 3.63) is 41.0 Å². The topological polar surface area (TPSA) is 55.8 Å². The van der Waals surface area contributed by atoms with E-state index >= 15 is 0 Å². The van der Waals surface area contributed by atoms with E-state index in [1.807, 2.05) is 6.07 Å². The molecule has 0 bridgehead atoms. The van der Waals surface area contributed by atoms with Crippen LogP contribution < -0.4 is 4.74 Å². The van der Waals surface area contributed by atoms with E-state index in [0.29, 0.717) is 28.2 Å². The normalized spacial score (nSPS) is 35.2. The molecule has 2 saturated carbocycles. The summed E-state index contributed by atoms with van der Waals surface area (Å²) in [6.07, 6.45) is 11.0. The molecule has 0 radical (unpaired) electrons. The van der Waals surface area contributed by atoms with Gasteiger partial charge in [-0.2, -0.15) is 0 Å². The largest absolute Gasteiger partial charge is 0.478 e. The maximum atomic E-state index is 11.7. The predicted molar refractivity (Wildman–Crippen MR) is 132 cm³/mol. The molecule has 0 saturated heterocycles. The average molecular weight is 455 g/mol. The molecule has 4 nitrogen and oxygen atoms in total. The summed E-state index contributed by atoms with van der Waals surface area (Å²) in [5.74, 6) is 1.65. The van der Waals surface area contributed by atoms with E-state index in [1.165, 1.54) is 44.1 Å². The smallest absolute Gasteiger partial charge is 0.335 e. The first-order valence-corrected chi connectivity index (χ1v) is 12.7. The molecule has 1 aromatic carbocycles. The van der Waals surface area contributed by atoms with Gasteiger partial charge in [0.1, 0.15) is 5.75 Å². The van der Waals surface area contributed by atoms with Gasteiger partial charge in [0.2, 0.25) is 0 Å². The lowest BCUT2D eigenvalue weighted by molar-refractivity contribution is -0.145. The quantitative estimate of drug-likeness (QED) is 0.367. The van der Waals surface area contributed by atoms with E-state index in [1.54, 1.807) is 19.2 Å². The zero-order valence-corrected chi connectivity index (χ0v) is 21.4. The number of fused-ring (bicyclic) bond motifs is 3. The molecule has 1 aromatic rings. The monoisotopic (exact) mass is 454 g/mol. The second-order valence-electron chi connectivity index (χ2n) is 12.1. The Labute approximate surface area is 199 Å². The number of hydrogen-bond acceptors (Lipinski definition) is 3. The standard InChI is InChI=1S/C29H42O4/c1-19-8-11-25-28(4,15-12-24-27(2,3)13-7-14-29(24,25)5)22(19)17-21-16-20(26(30)31)9-10-23(21)33-18-32-6/h8-10,16,22,24-25H,7,11-15,17-18H2,1-6H3,(H,30,31)/t22-,24+,25+,28+,29+/m1/s1. The maximum Gasteiger partial charge on any atom is 0.335 e. The third-order valence-corrected chi connectivity index (χ3v) is 9.92. The molecule has 1 N–H and O–H groups in total. The minimum atomic E-state index is -0.896. The van der Waals surface area contributed by atoms with Crippen molar-refractivity contribution in [2.75, 3.05) is 13.9 Å². The molecule has 182 valence electrons. The van der Waals surface area contributed by atoms with E-state index in [4.69, 9.17) is 9.47 Å². The van der Waals surface area contributed by atoms with E-state index in [0.717, 1.165) is 23.7 Å². The maximum absolute atomic E-state index is 11.7. The number of carboxylic acid groups (broad SMARTS) is 1. The van der Waals surface area contributed by atoms with Gasteiger partial charge in [0.05, 0.1) is 5.56 Å². The van der Waals surface area contributed by atoms with E-state index in [9.17, 15) is 9.90 Å². The number of carbonyl (C=O) groups is 1. The van der Waals surface area contributed by atoms with Gasteiger partial charge in [-0.25, -0.2) is 4.79 Å². The average Bonchev–Trinajstić information content (AvgIpc) is 2.74. The lowest BCUT2D eigenvalue weighted by Gasteiger charge is -2.65.